The van der Waals surface area contributed by atoms with Gasteiger partial charge in [0.05, 0.1) is 17.2 Å². The summed E-state index contributed by atoms with van der Waals surface area (Å²) in [4.78, 5) is 5.08. The number of hydrogen-bond donors (Lipinski definition) is 2. The van der Waals surface area contributed by atoms with E-state index in [2.05, 4.69) is 5.16 Å². The van der Waals surface area contributed by atoms with Crippen LogP contribution in [-0.2, 0) is 10.3 Å². The van der Waals surface area contributed by atoms with E-state index in [1.54, 1.807) is 19.1 Å². The van der Waals surface area contributed by atoms with Crippen molar-refractivity contribution in [3.63, 3.8) is 0 Å². The van der Waals surface area contributed by atoms with E-state index in [0.29, 0.717) is 12.3 Å². The lowest BCUT2D eigenvalue weighted by Gasteiger charge is -2.25. The third-order valence-electron chi connectivity index (χ3n) is 2.98. The van der Waals surface area contributed by atoms with Gasteiger partial charge in [-0.25, -0.2) is 0 Å². The van der Waals surface area contributed by atoms with E-state index in [4.69, 9.17) is 4.84 Å². The number of aromatic hydroxyl groups is 1. The van der Waals surface area contributed by atoms with Crippen LogP contribution in [0.4, 0.5) is 0 Å². The Hall–Kier alpha value is -1.55. The van der Waals surface area contributed by atoms with Gasteiger partial charge in [-0.05, 0) is 31.5 Å². The van der Waals surface area contributed by atoms with Gasteiger partial charge in [0.2, 0.25) is 0 Å². The maximum absolute atomic E-state index is 9.64. The SMILES string of the molecule is CC(O)C1=NOCC1(C)c1ccc(O)cc1. The minimum absolute atomic E-state index is 0.224. The maximum Gasteiger partial charge on any atom is 0.132 e. The van der Waals surface area contributed by atoms with Crippen molar-refractivity contribution in [3.05, 3.63) is 29.8 Å². The first kappa shape index (κ1) is 11.0. The van der Waals surface area contributed by atoms with E-state index in [9.17, 15) is 10.2 Å². The zero-order valence-electron chi connectivity index (χ0n) is 9.34. The molecule has 2 unspecified atom stereocenters. The van der Waals surface area contributed by atoms with Crippen LogP contribution in [0.25, 0.3) is 0 Å². The molecule has 16 heavy (non-hydrogen) atoms. The summed E-state index contributed by atoms with van der Waals surface area (Å²) in [6.45, 7) is 4.06. The topological polar surface area (TPSA) is 62.1 Å². The molecule has 4 nitrogen and oxygen atoms in total. The van der Waals surface area contributed by atoms with Crippen molar-refractivity contribution >= 4 is 5.71 Å². The highest BCUT2D eigenvalue weighted by atomic mass is 16.6. The fraction of sp³-hybridized carbons (Fsp3) is 0.417. The summed E-state index contributed by atoms with van der Waals surface area (Å²) in [6, 6.07) is 6.89. The molecule has 0 saturated heterocycles. The van der Waals surface area contributed by atoms with Gasteiger partial charge in [-0.15, -0.1) is 0 Å². The van der Waals surface area contributed by atoms with Gasteiger partial charge in [-0.2, -0.15) is 0 Å². The van der Waals surface area contributed by atoms with Crippen molar-refractivity contribution in [2.45, 2.75) is 25.4 Å². The van der Waals surface area contributed by atoms with Gasteiger partial charge >= 0.3 is 0 Å². The Kier molecular flexibility index (Phi) is 2.59. The number of nitrogens with zero attached hydrogens (tertiary/aromatic N) is 1. The van der Waals surface area contributed by atoms with Gasteiger partial charge in [0, 0.05) is 0 Å². The van der Waals surface area contributed by atoms with Crippen LogP contribution in [0.15, 0.2) is 29.4 Å². The monoisotopic (exact) mass is 221 g/mol. The summed E-state index contributed by atoms with van der Waals surface area (Å²) >= 11 is 0. The largest absolute Gasteiger partial charge is 0.508 e. The van der Waals surface area contributed by atoms with Crippen molar-refractivity contribution in [2.24, 2.45) is 5.16 Å². The molecule has 0 bridgehead atoms. The second-order valence-electron chi connectivity index (χ2n) is 4.30. The molecular formula is C12H15NO3. The molecule has 0 radical (unpaired) electrons. The number of benzene rings is 1. The molecule has 1 aliphatic heterocycles. The molecule has 0 aromatic heterocycles. The van der Waals surface area contributed by atoms with E-state index >= 15 is 0 Å². The molecule has 0 fully saturated rings. The van der Waals surface area contributed by atoms with Crippen LogP contribution in [0.5, 0.6) is 5.75 Å². The molecule has 4 heteroatoms. The molecule has 1 aromatic rings. The number of phenolic OH excluding ortho intramolecular Hbond substituents is 1. The third kappa shape index (κ3) is 1.65. The Balaban J connectivity index is 2.39. The van der Waals surface area contributed by atoms with E-state index in [0.717, 1.165) is 5.56 Å². The number of aliphatic hydroxyl groups is 1. The molecule has 0 aliphatic carbocycles. The Morgan fingerprint density at radius 1 is 1.38 bits per heavy atom. The average molecular weight is 221 g/mol. The second kappa shape index (κ2) is 3.79. The van der Waals surface area contributed by atoms with Gasteiger partial charge < -0.3 is 15.1 Å². The molecule has 1 aliphatic rings. The zero-order valence-corrected chi connectivity index (χ0v) is 9.34. The molecule has 2 atom stereocenters. The first-order chi connectivity index (χ1) is 7.54. The number of rotatable bonds is 2. The van der Waals surface area contributed by atoms with Gasteiger partial charge in [0.25, 0.3) is 0 Å². The predicted octanol–water partition coefficient (Wildman–Crippen LogP) is 1.42. The van der Waals surface area contributed by atoms with Gasteiger partial charge in [-0.1, -0.05) is 17.3 Å². The zero-order chi connectivity index (χ0) is 11.8. The van der Waals surface area contributed by atoms with Crippen molar-refractivity contribution in [1.82, 2.24) is 0 Å². The van der Waals surface area contributed by atoms with E-state index < -0.39 is 11.5 Å². The van der Waals surface area contributed by atoms with Crippen molar-refractivity contribution in [2.75, 3.05) is 6.61 Å². The Morgan fingerprint density at radius 2 is 2.00 bits per heavy atom. The first-order valence-electron chi connectivity index (χ1n) is 5.22. The minimum Gasteiger partial charge on any atom is -0.508 e. The highest BCUT2D eigenvalue weighted by Crippen LogP contribution is 2.32. The van der Waals surface area contributed by atoms with Crippen LogP contribution in [0.2, 0.25) is 0 Å². The fourth-order valence-electron chi connectivity index (χ4n) is 2.00. The number of oxime groups is 1. The minimum atomic E-state index is -0.638. The lowest BCUT2D eigenvalue weighted by atomic mass is 9.77. The summed E-state index contributed by atoms with van der Waals surface area (Å²) in [6.07, 6.45) is -0.638. The first-order valence-corrected chi connectivity index (χ1v) is 5.22. The lowest BCUT2D eigenvalue weighted by molar-refractivity contribution is 0.148. The third-order valence-corrected chi connectivity index (χ3v) is 2.98. The quantitative estimate of drug-likeness (QED) is 0.793. The van der Waals surface area contributed by atoms with Crippen molar-refractivity contribution < 1.29 is 15.1 Å². The summed E-state index contributed by atoms with van der Waals surface area (Å²) in [5.41, 5.74) is 1.18. The van der Waals surface area contributed by atoms with Gasteiger partial charge in [-0.3, -0.25) is 0 Å². The summed E-state index contributed by atoms with van der Waals surface area (Å²) < 4.78 is 0. The Bertz CT molecular complexity index is 411. The predicted molar refractivity (Wildman–Crippen MR) is 60.5 cm³/mol. The van der Waals surface area contributed by atoms with Gasteiger partial charge in [0.1, 0.15) is 12.4 Å². The number of phenols is 1. The molecule has 0 saturated carbocycles. The molecule has 0 amide bonds. The van der Waals surface area contributed by atoms with Crippen LogP contribution >= 0.6 is 0 Å². The molecule has 0 spiro atoms. The van der Waals surface area contributed by atoms with Crippen LogP contribution in [0, 0.1) is 0 Å². The van der Waals surface area contributed by atoms with Crippen LogP contribution < -0.4 is 0 Å². The van der Waals surface area contributed by atoms with Crippen LogP contribution in [-0.4, -0.2) is 28.6 Å². The standard InChI is InChI=1S/C12H15NO3/c1-8(14)11-12(2,7-16-13-11)9-3-5-10(15)6-4-9/h3-6,8,14-15H,7H2,1-2H3. The second-order valence-corrected chi connectivity index (χ2v) is 4.30. The van der Waals surface area contributed by atoms with Crippen molar-refractivity contribution in [1.29, 1.82) is 0 Å². The van der Waals surface area contributed by atoms with Gasteiger partial charge in [0.15, 0.2) is 0 Å². The average Bonchev–Trinajstić information content (AvgIpc) is 2.62. The van der Waals surface area contributed by atoms with Crippen LogP contribution in [0.3, 0.4) is 0 Å². The van der Waals surface area contributed by atoms with Crippen molar-refractivity contribution in [3.8, 4) is 5.75 Å². The Morgan fingerprint density at radius 3 is 2.56 bits per heavy atom. The molecule has 1 heterocycles. The molecular weight excluding hydrogens is 206 g/mol. The fourth-order valence-corrected chi connectivity index (χ4v) is 2.00. The summed E-state index contributed by atoms with van der Waals surface area (Å²) in [7, 11) is 0. The van der Waals surface area contributed by atoms with E-state index in [1.165, 1.54) is 0 Å². The molecule has 2 N–H and O–H groups in total. The normalized spacial score (nSPS) is 26.1. The molecule has 86 valence electrons. The smallest absolute Gasteiger partial charge is 0.132 e. The summed E-state index contributed by atoms with van der Waals surface area (Å²) in [5.74, 6) is 0.224. The van der Waals surface area contributed by atoms with E-state index in [1.807, 2.05) is 19.1 Å². The molecule has 2 rings (SSSR count). The summed E-state index contributed by atoms with van der Waals surface area (Å²) in [5, 5.41) is 22.8. The van der Waals surface area contributed by atoms with Crippen LogP contribution in [0.1, 0.15) is 19.4 Å². The highest BCUT2D eigenvalue weighted by Gasteiger charge is 2.40. The molecule has 1 aromatic carbocycles. The highest BCUT2D eigenvalue weighted by molar-refractivity contribution is 5.98. The van der Waals surface area contributed by atoms with E-state index in [-0.39, 0.29) is 5.75 Å². The lowest BCUT2D eigenvalue weighted by Crippen LogP contribution is -2.38. The number of aliphatic hydroxyl groups excluding tert-OH is 1. The maximum atomic E-state index is 9.64. The Labute approximate surface area is 94.2 Å². The number of hydrogen-bond acceptors (Lipinski definition) is 4.